The zero-order valence-electron chi connectivity index (χ0n) is 25.3. The maximum atomic E-state index is 6.11. The Labute approximate surface area is 236 Å². The van der Waals surface area contributed by atoms with Crippen molar-refractivity contribution in [3.8, 4) is 11.5 Å². The number of hydrogen-bond donors (Lipinski definition) is 0. The molecular weight excluding hydrogens is 484 g/mol. The SMILES string of the molecule is COc1c(Cc2cc(C(C)(C)C)cc(CN3[C]N(C)C=C3)c2OC)cc(C(C)(C)C)cc1CN1[C]N(C)C=C1. The molecule has 0 N–H and O–H groups in total. The van der Waals surface area contributed by atoms with E-state index >= 15 is 0 Å². The summed E-state index contributed by atoms with van der Waals surface area (Å²) < 4.78 is 12.2. The van der Waals surface area contributed by atoms with E-state index in [0.29, 0.717) is 19.5 Å². The summed E-state index contributed by atoms with van der Waals surface area (Å²) in [5.74, 6) is 1.84. The summed E-state index contributed by atoms with van der Waals surface area (Å²) in [6.07, 6.45) is 8.81. The van der Waals surface area contributed by atoms with Crippen molar-refractivity contribution in [2.45, 2.75) is 71.9 Å². The van der Waals surface area contributed by atoms with E-state index in [1.807, 2.05) is 48.7 Å². The fourth-order valence-electron chi connectivity index (χ4n) is 5.04. The molecule has 0 amide bonds. The fourth-order valence-corrected chi connectivity index (χ4v) is 5.04. The lowest BCUT2D eigenvalue weighted by Gasteiger charge is -2.27. The summed E-state index contributed by atoms with van der Waals surface area (Å²) in [4.78, 5) is 8.02. The van der Waals surface area contributed by atoms with Gasteiger partial charge in [0.05, 0.1) is 14.2 Å². The van der Waals surface area contributed by atoms with Gasteiger partial charge in [0.1, 0.15) is 11.5 Å². The van der Waals surface area contributed by atoms with Gasteiger partial charge in [0, 0.05) is 69.5 Å². The van der Waals surface area contributed by atoms with Crippen LogP contribution in [0.25, 0.3) is 0 Å². The molecule has 2 aliphatic heterocycles. The lowest BCUT2D eigenvalue weighted by atomic mass is 9.82. The second-order valence-electron chi connectivity index (χ2n) is 12.6. The molecule has 0 spiro atoms. The Hall–Kier alpha value is -3.28. The van der Waals surface area contributed by atoms with Crippen molar-refractivity contribution in [2.75, 3.05) is 28.3 Å². The van der Waals surface area contributed by atoms with Gasteiger partial charge in [-0.15, -0.1) is 0 Å². The minimum Gasteiger partial charge on any atom is -0.496 e. The fraction of sp³-hybridized carbons (Fsp3) is 0.455. The van der Waals surface area contributed by atoms with Crippen LogP contribution in [-0.2, 0) is 30.3 Å². The maximum Gasteiger partial charge on any atom is 0.207 e. The monoisotopic (exact) mass is 528 g/mol. The highest BCUT2D eigenvalue weighted by Gasteiger charge is 2.25. The van der Waals surface area contributed by atoms with E-state index in [4.69, 9.17) is 9.47 Å². The Morgan fingerprint density at radius 2 is 0.949 bits per heavy atom. The minimum absolute atomic E-state index is 0.0108. The van der Waals surface area contributed by atoms with Gasteiger partial charge in [-0.2, -0.15) is 0 Å². The molecule has 0 unspecified atom stereocenters. The average Bonchev–Trinajstić information content (AvgIpc) is 3.44. The second-order valence-corrected chi connectivity index (χ2v) is 12.6. The number of nitrogens with zero attached hydrogens (tertiary/aromatic N) is 4. The summed E-state index contributed by atoms with van der Waals surface area (Å²) in [5, 5.41) is 0. The van der Waals surface area contributed by atoms with E-state index in [2.05, 4.69) is 88.9 Å². The topological polar surface area (TPSA) is 31.4 Å². The molecule has 0 aliphatic carbocycles. The van der Waals surface area contributed by atoms with Crippen LogP contribution in [0.2, 0.25) is 0 Å². The minimum atomic E-state index is -0.0108. The molecule has 0 saturated heterocycles. The maximum absolute atomic E-state index is 6.11. The number of ether oxygens (including phenoxy) is 2. The Balaban J connectivity index is 1.81. The molecule has 2 aromatic carbocycles. The van der Waals surface area contributed by atoms with E-state index in [1.165, 1.54) is 11.1 Å². The van der Waals surface area contributed by atoms with E-state index in [1.54, 1.807) is 14.2 Å². The molecule has 4 rings (SSSR count). The molecule has 2 aromatic rings. The van der Waals surface area contributed by atoms with E-state index < -0.39 is 0 Å². The Morgan fingerprint density at radius 1 is 0.590 bits per heavy atom. The van der Waals surface area contributed by atoms with Crippen molar-refractivity contribution in [1.82, 2.24) is 19.6 Å². The summed E-state index contributed by atoms with van der Waals surface area (Å²) >= 11 is 0. The van der Waals surface area contributed by atoms with Gasteiger partial charge in [-0.3, -0.25) is 0 Å². The Bertz CT molecular complexity index is 1140. The molecule has 6 heteroatoms. The molecule has 0 fully saturated rings. The standard InChI is InChI=1S/C33H44N4O2/c1-32(2,3)28-16-24(30(38-9)26(18-28)20-36-13-11-34(7)22-36)15-25-17-29(33(4,5)6)19-27(31(25)39-10)21-37-14-12-35(8)23-37/h11-14,16-19H,15,20-21H2,1-10H3. The first-order valence-electron chi connectivity index (χ1n) is 13.6. The van der Waals surface area contributed by atoms with Gasteiger partial charge >= 0.3 is 0 Å². The Kier molecular flexibility index (Phi) is 8.15. The van der Waals surface area contributed by atoms with Crippen molar-refractivity contribution in [2.24, 2.45) is 0 Å². The number of methoxy groups -OCH3 is 2. The van der Waals surface area contributed by atoms with Crippen molar-refractivity contribution in [3.05, 3.63) is 95.8 Å². The lowest BCUT2D eigenvalue weighted by molar-refractivity contribution is 0.355. The smallest absolute Gasteiger partial charge is 0.207 e. The highest BCUT2D eigenvalue weighted by Crippen LogP contribution is 2.39. The molecule has 0 aromatic heterocycles. The molecule has 0 saturated carbocycles. The van der Waals surface area contributed by atoms with Crippen LogP contribution >= 0.6 is 0 Å². The molecule has 0 atom stereocenters. The van der Waals surface area contributed by atoms with Gasteiger partial charge < -0.3 is 29.1 Å². The largest absolute Gasteiger partial charge is 0.496 e. The molecule has 2 heterocycles. The van der Waals surface area contributed by atoms with Crippen LogP contribution in [0.3, 0.4) is 0 Å². The van der Waals surface area contributed by atoms with E-state index in [-0.39, 0.29) is 10.8 Å². The van der Waals surface area contributed by atoms with Crippen molar-refractivity contribution in [1.29, 1.82) is 0 Å². The lowest BCUT2D eigenvalue weighted by Crippen LogP contribution is -2.19. The van der Waals surface area contributed by atoms with Gasteiger partial charge in [0.25, 0.3) is 0 Å². The van der Waals surface area contributed by atoms with Gasteiger partial charge in [-0.25, -0.2) is 0 Å². The molecule has 39 heavy (non-hydrogen) atoms. The van der Waals surface area contributed by atoms with Crippen LogP contribution in [0.1, 0.15) is 74.9 Å². The quantitative estimate of drug-likeness (QED) is 0.399. The summed E-state index contributed by atoms with van der Waals surface area (Å²) in [6, 6.07) is 9.19. The predicted octanol–water partition coefficient (Wildman–Crippen LogP) is 6.32. The molecule has 208 valence electrons. The van der Waals surface area contributed by atoms with Crippen LogP contribution in [0.5, 0.6) is 11.5 Å². The Morgan fingerprint density at radius 3 is 1.23 bits per heavy atom. The van der Waals surface area contributed by atoms with Crippen LogP contribution in [0.4, 0.5) is 0 Å². The van der Waals surface area contributed by atoms with Gasteiger partial charge in [-0.1, -0.05) is 53.7 Å². The summed E-state index contributed by atoms with van der Waals surface area (Å²) in [6.45, 7) is 21.6. The zero-order valence-corrected chi connectivity index (χ0v) is 25.3. The first-order valence-corrected chi connectivity index (χ1v) is 13.6. The van der Waals surface area contributed by atoms with Crippen LogP contribution in [0, 0.1) is 13.3 Å². The van der Waals surface area contributed by atoms with Crippen molar-refractivity contribution >= 4 is 0 Å². The second kappa shape index (κ2) is 11.1. The first kappa shape index (κ1) is 28.7. The highest BCUT2D eigenvalue weighted by molar-refractivity contribution is 5.53. The van der Waals surface area contributed by atoms with Gasteiger partial charge in [-0.05, 0) is 45.2 Å². The van der Waals surface area contributed by atoms with Crippen molar-refractivity contribution in [3.63, 3.8) is 0 Å². The molecule has 0 bridgehead atoms. The average molecular weight is 529 g/mol. The predicted molar refractivity (Wildman–Crippen MR) is 158 cm³/mol. The van der Waals surface area contributed by atoms with Crippen LogP contribution < -0.4 is 9.47 Å². The van der Waals surface area contributed by atoms with Crippen LogP contribution in [0.15, 0.2) is 49.1 Å². The van der Waals surface area contributed by atoms with Crippen molar-refractivity contribution < 1.29 is 9.47 Å². The first-order chi connectivity index (χ1) is 18.3. The number of hydrogen-bond acceptors (Lipinski definition) is 6. The third-order valence-corrected chi connectivity index (χ3v) is 7.20. The normalized spacial score (nSPS) is 15.6. The zero-order chi connectivity index (χ0) is 28.5. The summed E-state index contributed by atoms with van der Waals surface area (Å²) in [7, 11) is 7.52. The molecule has 2 aliphatic rings. The van der Waals surface area contributed by atoms with Crippen LogP contribution in [-0.4, -0.2) is 47.9 Å². The molecule has 6 nitrogen and oxygen atoms in total. The third-order valence-electron chi connectivity index (χ3n) is 7.20. The molecule has 4 radical (unpaired) electrons. The van der Waals surface area contributed by atoms with Gasteiger partial charge in [0.2, 0.25) is 13.3 Å². The van der Waals surface area contributed by atoms with Gasteiger partial charge in [0.15, 0.2) is 0 Å². The highest BCUT2D eigenvalue weighted by atomic mass is 16.5. The summed E-state index contributed by atoms with van der Waals surface area (Å²) in [5.41, 5.74) is 7.15. The number of rotatable bonds is 8. The third kappa shape index (κ3) is 6.66. The molecular formula is C33H44N4O2. The van der Waals surface area contributed by atoms with E-state index in [0.717, 1.165) is 33.8 Å². The number of benzene rings is 2. The van der Waals surface area contributed by atoms with E-state index in [9.17, 15) is 0 Å².